The van der Waals surface area contributed by atoms with Crippen molar-refractivity contribution in [3.05, 3.63) is 16.9 Å². The highest BCUT2D eigenvalue weighted by atomic mass is 79.9. The SMILES string of the molecule is COCC(=O)N1CCN(Cn2cc(Br)cn2)CC1. The van der Waals surface area contributed by atoms with Gasteiger partial charge in [0, 0.05) is 39.5 Å². The third-order valence-corrected chi connectivity index (χ3v) is 3.35. The Morgan fingerprint density at radius 2 is 2.17 bits per heavy atom. The Kier molecular flexibility index (Phi) is 4.73. The summed E-state index contributed by atoms with van der Waals surface area (Å²) in [4.78, 5) is 15.7. The first kappa shape index (κ1) is 13.5. The van der Waals surface area contributed by atoms with Crippen LogP contribution >= 0.6 is 15.9 Å². The minimum Gasteiger partial charge on any atom is -0.375 e. The van der Waals surface area contributed by atoms with Crippen LogP contribution in [0.3, 0.4) is 0 Å². The van der Waals surface area contributed by atoms with Gasteiger partial charge in [0.2, 0.25) is 5.91 Å². The molecule has 2 rings (SSSR count). The van der Waals surface area contributed by atoms with Gasteiger partial charge in [-0.05, 0) is 15.9 Å². The van der Waals surface area contributed by atoms with Gasteiger partial charge in [0.1, 0.15) is 6.61 Å². The average Bonchev–Trinajstić information content (AvgIpc) is 2.76. The Morgan fingerprint density at radius 3 is 2.72 bits per heavy atom. The number of piperazine rings is 1. The maximum absolute atomic E-state index is 11.6. The molecule has 0 unspecified atom stereocenters. The van der Waals surface area contributed by atoms with E-state index in [9.17, 15) is 4.79 Å². The molecule has 0 aliphatic carbocycles. The molecule has 0 spiro atoms. The van der Waals surface area contributed by atoms with Gasteiger partial charge in [-0.2, -0.15) is 5.10 Å². The number of nitrogens with zero attached hydrogens (tertiary/aromatic N) is 4. The minimum atomic E-state index is 0.0685. The van der Waals surface area contributed by atoms with Gasteiger partial charge in [0.15, 0.2) is 0 Å². The van der Waals surface area contributed by atoms with Gasteiger partial charge in [-0.1, -0.05) is 0 Å². The van der Waals surface area contributed by atoms with Crippen molar-refractivity contribution in [3.63, 3.8) is 0 Å². The van der Waals surface area contributed by atoms with Gasteiger partial charge >= 0.3 is 0 Å². The second-order valence-corrected chi connectivity index (χ2v) is 5.19. The number of ether oxygens (including phenoxy) is 1. The monoisotopic (exact) mass is 316 g/mol. The van der Waals surface area contributed by atoms with Crippen molar-refractivity contribution in [2.75, 3.05) is 39.9 Å². The van der Waals surface area contributed by atoms with E-state index in [1.165, 1.54) is 0 Å². The first-order valence-electron chi connectivity index (χ1n) is 5.86. The van der Waals surface area contributed by atoms with Crippen LogP contribution < -0.4 is 0 Å². The average molecular weight is 317 g/mol. The summed E-state index contributed by atoms with van der Waals surface area (Å²) in [6.45, 7) is 4.18. The number of carbonyl (C=O) groups is 1. The lowest BCUT2D eigenvalue weighted by molar-refractivity contribution is -0.137. The third-order valence-electron chi connectivity index (χ3n) is 2.94. The van der Waals surface area contributed by atoms with E-state index in [2.05, 4.69) is 25.9 Å². The maximum Gasteiger partial charge on any atom is 0.248 e. The zero-order chi connectivity index (χ0) is 13.0. The van der Waals surface area contributed by atoms with Crippen molar-refractivity contribution < 1.29 is 9.53 Å². The second-order valence-electron chi connectivity index (χ2n) is 4.27. The van der Waals surface area contributed by atoms with Crippen LogP contribution in [0, 0.1) is 0 Å². The standard InChI is InChI=1S/C11H17BrN4O2/c1-18-8-11(17)15-4-2-14(3-5-15)9-16-7-10(12)6-13-16/h6-7H,2-5,8-9H2,1H3. The molecule has 1 aliphatic heterocycles. The lowest BCUT2D eigenvalue weighted by Crippen LogP contribution is -2.49. The number of rotatable bonds is 4. The van der Waals surface area contributed by atoms with Gasteiger partial charge in [-0.15, -0.1) is 0 Å². The lowest BCUT2D eigenvalue weighted by Gasteiger charge is -2.34. The molecule has 1 aromatic heterocycles. The zero-order valence-corrected chi connectivity index (χ0v) is 12.0. The molecule has 0 aromatic carbocycles. The molecule has 2 heterocycles. The van der Waals surface area contributed by atoms with E-state index in [1.807, 2.05) is 15.8 Å². The summed E-state index contributed by atoms with van der Waals surface area (Å²) in [5.41, 5.74) is 0. The van der Waals surface area contributed by atoms with Crippen LogP contribution in [0.2, 0.25) is 0 Å². The highest BCUT2D eigenvalue weighted by molar-refractivity contribution is 9.10. The molecular weight excluding hydrogens is 300 g/mol. The third kappa shape index (κ3) is 3.54. The van der Waals surface area contributed by atoms with Gasteiger partial charge in [-0.25, -0.2) is 0 Å². The second kappa shape index (κ2) is 6.31. The number of methoxy groups -OCH3 is 1. The van der Waals surface area contributed by atoms with Gasteiger partial charge in [-0.3, -0.25) is 14.4 Å². The summed E-state index contributed by atoms with van der Waals surface area (Å²) in [6.07, 6.45) is 3.72. The van der Waals surface area contributed by atoms with Crippen LogP contribution in [0.1, 0.15) is 0 Å². The number of amides is 1. The number of aromatic nitrogens is 2. The molecule has 1 amide bonds. The smallest absolute Gasteiger partial charge is 0.248 e. The number of halogens is 1. The summed E-state index contributed by atoms with van der Waals surface area (Å²) in [5, 5.41) is 4.22. The molecule has 18 heavy (non-hydrogen) atoms. The normalized spacial score (nSPS) is 17.1. The highest BCUT2D eigenvalue weighted by Gasteiger charge is 2.20. The molecule has 0 bridgehead atoms. The van der Waals surface area contributed by atoms with E-state index in [0.29, 0.717) is 0 Å². The van der Waals surface area contributed by atoms with Crippen LogP contribution in [0.5, 0.6) is 0 Å². The molecule has 1 aromatic rings. The minimum absolute atomic E-state index is 0.0685. The quantitative estimate of drug-likeness (QED) is 0.806. The first-order chi connectivity index (χ1) is 8.69. The molecule has 6 nitrogen and oxygen atoms in total. The van der Waals surface area contributed by atoms with Crippen LogP contribution in [-0.2, 0) is 16.2 Å². The highest BCUT2D eigenvalue weighted by Crippen LogP contribution is 2.08. The molecule has 100 valence electrons. The number of carbonyl (C=O) groups excluding carboxylic acids is 1. The van der Waals surface area contributed by atoms with E-state index in [4.69, 9.17) is 4.74 Å². The number of hydrogen-bond acceptors (Lipinski definition) is 4. The maximum atomic E-state index is 11.6. The molecule has 1 aliphatic rings. The Hall–Kier alpha value is -0.920. The lowest BCUT2D eigenvalue weighted by atomic mass is 10.3. The molecule has 0 radical (unpaired) electrons. The summed E-state index contributed by atoms with van der Waals surface area (Å²) in [5.74, 6) is 0.0685. The Bertz CT molecular complexity index is 402. The number of hydrogen-bond donors (Lipinski definition) is 0. The van der Waals surface area contributed by atoms with Crippen LogP contribution in [0.15, 0.2) is 16.9 Å². The van der Waals surface area contributed by atoms with E-state index < -0.39 is 0 Å². The van der Waals surface area contributed by atoms with Crippen molar-refractivity contribution in [2.24, 2.45) is 0 Å². The van der Waals surface area contributed by atoms with Crippen molar-refractivity contribution in [2.45, 2.75) is 6.67 Å². The van der Waals surface area contributed by atoms with Crippen molar-refractivity contribution in [3.8, 4) is 0 Å². The van der Waals surface area contributed by atoms with Crippen LogP contribution in [0.4, 0.5) is 0 Å². The fourth-order valence-corrected chi connectivity index (χ4v) is 2.30. The van der Waals surface area contributed by atoms with E-state index >= 15 is 0 Å². The van der Waals surface area contributed by atoms with E-state index in [1.54, 1.807) is 13.3 Å². The van der Waals surface area contributed by atoms with Crippen LogP contribution in [-0.4, -0.2) is 65.4 Å². The van der Waals surface area contributed by atoms with Gasteiger partial charge in [0.05, 0.1) is 17.3 Å². The summed E-state index contributed by atoms with van der Waals surface area (Å²) in [7, 11) is 1.55. The Morgan fingerprint density at radius 1 is 1.44 bits per heavy atom. The topological polar surface area (TPSA) is 50.6 Å². The van der Waals surface area contributed by atoms with E-state index in [0.717, 1.165) is 37.3 Å². The fourth-order valence-electron chi connectivity index (χ4n) is 1.97. The van der Waals surface area contributed by atoms with E-state index in [-0.39, 0.29) is 12.5 Å². The van der Waals surface area contributed by atoms with Crippen molar-refractivity contribution in [1.82, 2.24) is 19.6 Å². The van der Waals surface area contributed by atoms with Crippen molar-refractivity contribution >= 4 is 21.8 Å². The predicted molar refractivity (Wildman–Crippen MR) is 70.0 cm³/mol. The van der Waals surface area contributed by atoms with Crippen LogP contribution in [0.25, 0.3) is 0 Å². The summed E-state index contributed by atoms with van der Waals surface area (Å²) < 4.78 is 7.73. The van der Waals surface area contributed by atoms with Gasteiger partial charge in [0.25, 0.3) is 0 Å². The molecule has 0 saturated carbocycles. The summed E-state index contributed by atoms with van der Waals surface area (Å²) in [6, 6.07) is 0. The zero-order valence-electron chi connectivity index (χ0n) is 10.4. The van der Waals surface area contributed by atoms with Crippen molar-refractivity contribution in [1.29, 1.82) is 0 Å². The first-order valence-corrected chi connectivity index (χ1v) is 6.65. The summed E-state index contributed by atoms with van der Waals surface area (Å²) >= 11 is 3.37. The molecule has 1 fully saturated rings. The molecule has 0 N–H and O–H groups in total. The van der Waals surface area contributed by atoms with Gasteiger partial charge < -0.3 is 9.64 Å². The molecule has 1 saturated heterocycles. The Balaban J connectivity index is 1.78. The molecule has 0 atom stereocenters. The molecular formula is C11H17BrN4O2. The largest absolute Gasteiger partial charge is 0.375 e. The fraction of sp³-hybridized carbons (Fsp3) is 0.636. The molecule has 7 heteroatoms. The Labute approximate surface area is 115 Å². The predicted octanol–water partition coefficient (Wildman–Crippen LogP) is 0.394.